The van der Waals surface area contributed by atoms with Crippen LogP contribution in [0.5, 0.6) is 0 Å². The Bertz CT molecular complexity index is 1600. The van der Waals surface area contributed by atoms with Crippen molar-refractivity contribution < 1.29 is 64.6 Å². The molecule has 0 aromatic rings. The lowest BCUT2D eigenvalue weighted by molar-refractivity contribution is -0.359. The predicted molar refractivity (Wildman–Crippen MR) is 304 cm³/mol. The fourth-order valence-corrected chi connectivity index (χ4v) is 9.33. The summed E-state index contributed by atoms with van der Waals surface area (Å²) >= 11 is 0. The third-order valence-electron chi connectivity index (χ3n) is 14.1. The van der Waals surface area contributed by atoms with Gasteiger partial charge in [-0.2, -0.15) is 0 Å². The largest absolute Gasteiger partial charge is 0.394 e. The van der Waals surface area contributed by atoms with Crippen LogP contribution in [-0.4, -0.2) is 140 Å². The third kappa shape index (κ3) is 32.3. The number of hydrogen-bond acceptors (Lipinski definition) is 13. The van der Waals surface area contributed by atoms with Crippen molar-refractivity contribution in [3.8, 4) is 0 Å². The van der Waals surface area contributed by atoms with Crippen molar-refractivity contribution >= 4 is 5.91 Å². The van der Waals surface area contributed by atoms with E-state index < -0.39 is 86.8 Å². The fourth-order valence-electron chi connectivity index (χ4n) is 9.33. The first-order chi connectivity index (χ1) is 37.1. The molecule has 1 amide bonds. The molecule has 0 spiro atoms. The van der Waals surface area contributed by atoms with E-state index in [1.165, 1.54) is 89.9 Å². The van der Waals surface area contributed by atoms with Crippen molar-refractivity contribution in [2.75, 3.05) is 19.8 Å². The van der Waals surface area contributed by atoms with Crippen molar-refractivity contribution in [1.82, 2.24) is 5.32 Å². The summed E-state index contributed by atoms with van der Waals surface area (Å²) in [6, 6.07) is -0.826. The molecule has 0 aliphatic carbocycles. The summed E-state index contributed by atoms with van der Waals surface area (Å²) in [5, 5.41) is 86.2. The predicted octanol–water partition coefficient (Wildman–Crippen LogP) is 10.1. The molecule has 2 aliphatic rings. The first kappa shape index (κ1) is 69.3. The lowest BCUT2D eigenvalue weighted by Crippen LogP contribution is -2.65. The monoisotopic (exact) mass is 1070 g/mol. The molecule has 0 aromatic carbocycles. The van der Waals surface area contributed by atoms with Gasteiger partial charge in [0.2, 0.25) is 5.91 Å². The molecular formula is C62H107NO13. The highest BCUT2D eigenvalue weighted by atomic mass is 16.7. The normalized spacial score (nSPS) is 25.5. The lowest BCUT2D eigenvalue weighted by Gasteiger charge is -2.46. The van der Waals surface area contributed by atoms with Crippen LogP contribution < -0.4 is 5.32 Å². The first-order valence-electron chi connectivity index (χ1n) is 29.8. The number of aliphatic hydroxyl groups excluding tert-OH is 8. The average molecular weight is 1070 g/mol. The molecule has 2 rings (SSSR count). The van der Waals surface area contributed by atoms with Gasteiger partial charge in [0.15, 0.2) is 12.6 Å². The van der Waals surface area contributed by atoms with Crippen molar-refractivity contribution in [1.29, 1.82) is 0 Å². The number of hydrogen-bond donors (Lipinski definition) is 9. The van der Waals surface area contributed by atoms with E-state index in [1.54, 1.807) is 0 Å². The number of aliphatic hydroxyl groups is 8. The second-order valence-electron chi connectivity index (χ2n) is 20.7. The van der Waals surface area contributed by atoms with Crippen molar-refractivity contribution in [2.24, 2.45) is 0 Å². The molecule has 0 radical (unpaired) electrons. The van der Waals surface area contributed by atoms with Gasteiger partial charge in [0, 0.05) is 6.42 Å². The van der Waals surface area contributed by atoms with E-state index in [-0.39, 0.29) is 12.5 Å². The Morgan fingerprint density at radius 1 is 0.487 bits per heavy atom. The molecule has 438 valence electrons. The van der Waals surface area contributed by atoms with Crippen LogP contribution in [0.25, 0.3) is 0 Å². The van der Waals surface area contributed by atoms with Gasteiger partial charge >= 0.3 is 0 Å². The van der Waals surface area contributed by atoms with Crippen LogP contribution in [0.1, 0.15) is 206 Å². The number of rotatable bonds is 46. The molecule has 0 bridgehead atoms. The lowest BCUT2D eigenvalue weighted by atomic mass is 9.97. The number of allylic oxidation sites excluding steroid dienone is 14. The van der Waals surface area contributed by atoms with Crippen LogP contribution >= 0.6 is 0 Å². The van der Waals surface area contributed by atoms with Gasteiger partial charge in [-0.3, -0.25) is 4.79 Å². The van der Waals surface area contributed by atoms with Gasteiger partial charge in [0.25, 0.3) is 0 Å². The van der Waals surface area contributed by atoms with Gasteiger partial charge in [-0.05, 0) is 70.6 Å². The molecule has 14 heteroatoms. The Morgan fingerprint density at radius 2 is 0.908 bits per heavy atom. The van der Waals surface area contributed by atoms with Crippen molar-refractivity contribution in [3.05, 3.63) is 85.1 Å². The van der Waals surface area contributed by atoms with E-state index in [4.69, 9.17) is 18.9 Å². The fraction of sp³-hybridized carbons (Fsp3) is 0.758. The van der Waals surface area contributed by atoms with Crippen molar-refractivity contribution in [3.63, 3.8) is 0 Å². The van der Waals surface area contributed by atoms with E-state index in [2.05, 4.69) is 104 Å². The van der Waals surface area contributed by atoms with Crippen LogP contribution in [-0.2, 0) is 23.7 Å². The second kappa shape index (κ2) is 47.0. The van der Waals surface area contributed by atoms with Crippen LogP contribution in [0, 0.1) is 0 Å². The zero-order chi connectivity index (χ0) is 55.3. The van der Waals surface area contributed by atoms with Gasteiger partial charge in [-0.25, -0.2) is 0 Å². The van der Waals surface area contributed by atoms with Crippen LogP contribution in [0.2, 0.25) is 0 Å². The zero-order valence-electron chi connectivity index (χ0n) is 47.0. The Hall–Kier alpha value is -2.83. The molecule has 9 N–H and O–H groups in total. The number of amides is 1. The van der Waals surface area contributed by atoms with Gasteiger partial charge in [0.1, 0.15) is 48.8 Å². The van der Waals surface area contributed by atoms with E-state index in [1.807, 2.05) is 0 Å². The average Bonchev–Trinajstić information content (AvgIpc) is 3.42. The quantitative estimate of drug-likeness (QED) is 0.0205. The zero-order valence-corrected chi connectivity index (χ0v) is 47.0. The summed E-state index contributed by atoms with van der Waals surface area (Å²) in [5.41, 5.74) is 0. The smallest absolute Gasteiger partial charge is 0.220 e. The standard InChI is InChI=1S/C62H107NO13/c1-3-5-7-8-9-10-11-12-13-14-15-16-17-18-19-20-21-22-23-24-25-26-27-28-29-30-31-32-33-34-35-36-37-38-39-40-41-42-44-46-54(67)63-50(51(66)45-43-6-4-2)49-73-61-59(72)57(70)60(53(48-65)75-61)76-62-58(71)56(69)55(68)52(47-64)74-62/h5,7,9-10,12-13,15-16,18-19,21-22,24-25,50-53,55-62,64-66,68-72H,3-4,6,8,11,14,17,20,23,26-49H2,1-2H3,(H,63,67)/b7-5-,10-9-,13-12-,16-15-,19-18-,22-21-,25-24-. The summed E-state index contributed by atoms with van der Waals surface area (Å²) < 4.78 is 22.6. The summed E-state index contributed by atoms with van der Waals surface area (Å²) in [6.07, 6.45) is 47.4. The number of carbonyl (C=O) groups is 1. The number of unbranched alkanes of at least 4 members (excludes halogenated alkanes) is 19. The van der Waals surface area contributed by atoms with Gasteiger partial charge < -0.3 is 65.1 Å². The highest BCUT2D eigenvalue weighted by molar-refractivity contribution is 5.76. The molecule has 2 saturated heterocycles. The van der Waals surface area contributed by atoms with Crippen LogP contribution in [0.3, 0.4) is 0 Å². The number of carbonyl (C=O) groups excluding carboxylic acids is 1. The first-order valence-corrected chi connectivity index (χ1v) is 29.8. The summed E-state index contributed by atoms with van der Waals surface area (Å²) in [6.45, 7) is 2.55. The molecule has 2 heterocycles. The van der Waals surface area contributed by atoms with Crippen LogP contribution in [0.15, 0.2) is 85.1 Å². The summed E-state index contributed by atoms with van der Waals surface area (Å²) in [5.74, 6) is -0.220. The summed E-state index contributed by atoms with van der Waals surface area (Å²) in [4.78, 5) is 13.1. The minimum Gasteiger partial charge on any atom is -0.394 e. The minimum atomic E-state index is -1.78. The molecule has 0 aromatic heterocycles. The van der Waals surface area contributed by atoms with E-state index >= 15 is 0 Å². The highest BCUT2D eigenvalue weighted by Crippen LogP contribution is 2.30. The molecule has 12 unspecified atom stereocenters. The van der Waals surface area contributed by atoms with Crippen molar-refractivity contribution in [2.45, 2.75) is 280 Å². The van der Waals surface area contributed by atoms with Crippen LogP contribution in [0.4, 0.5) is 0 Å². The molecule has 2 fully saturated rings. The molecule has 0 saturated carbocycles. The maximum Gasteiger partial charge on any atom is 0.220 e. The molecule has 2 aliphatic heterocycles. The Balaban J connectivity index is 1.46. The second-order valence-corrected chi connectivity index (χ2v) is 20.7. The van der Waals surface area contributed by atoms with Gasteiger partial charge in [-0.15, -0.1) is 0 Å². The molecular weight excluding hydrogens is 967 g/mol. The Morgan fingerprint density at radius 3 is 1.37 bits per heavy atom. The van der Waals surface area contributed by atoms with E-state index in [0.717, 1.165) is 89.9 Å². The maximum atomic E-state index is 13.1. The van der Waals surface area contributed by atoms with Gasteiger partial charge in [-0.1, -0.05) is 214 Å². The molecule has 12 atom stereocenters. The molecule has 76 heavy (non-hydrogen) atoms. The third-order valence-corrected chi connectivity index (χ3v) is 14.1. The summed E-state index contributed by atoms with van der Waals surface area (Å²) in [7, 11) is 0. The van der Waals surface area contributed by atoms with E-state index in [0.29, 0.717) is 12.8 Å². The molecule has 14 nitrogen and oxygen atoms in total. The minimum absolute atomic E-state index is 0.220. The van der Waals surface area contributed by atoms with E-state index in [9.17, 15) is 45.6 Å². The highest BCUT2D eigenvalue weighted by Gasteiger charge is 2.51. The topological polar surface area (TPSA) is 228 Å². The Labute approximate surface area is 459 Å². The Kier molecular flexibility index (Phi) is 42.9. The van der Waals surface area contributed by atoms with Gasteiger partial charge in [0.05, 0.1) is 32.0 Å². The number of nitrogens with one attached hydrogen (secondary N) is 1. The number of ether oxygens (including phenoxy) is 4. The SMILES string of the molecule is CC/C=C\C/C=C\C/C=C\C/C=C\C/C=C\C/C=C\C/C=C\CCCCCCCCCCCCCCCCCCCC(=O)NC(COC1OC(CO)C(OC2OC(CO)C(O)C(O)C2O)C(O)C1O)C(O)CCCCC. The maximum absolute atomic E-state index is 13.1.